The Morgan fingerprint density at radius 2 is 2.17 bits per heavy atom. The molecular formula is C19H21ClN8O2. The summed E-state index contributed by atoms with van der Waals surface area (Å²) in [7, 11) is 0. The topological polar surface area (TPSA) is 111 Å². The van der Waals surface area contributed by atoms with Crippen LogP contribution >= 0.6 is 11.6 Å². The van der Waals surface area contributed by atoms with Crippen molar-refractivity contribution in [3.63, 3.8) is 0 Å². The molecule has 0 saturated carbocycles. The van der Waals surface area contributed by atoms with E-state index in [1.807, 2.05) is 32.2 Å². The molecule has 0 aromatic carbocycles. The van der Waals surface area contributed by atoms with Crippen LogP contribution in [0.3, 0.4) is 0 Å². The molecule has 0 bridgehead atoms. The van der Waals surface area contributed by atoms with Crippen LogP contribution in [0.5, 0.6) is 0 Å². The zero-order valence-electron chi connectivity index (χ0n) is 16.8. The quantitative estimate of drug-likeness (QED) is 0.595. The van der Waals surface area contributed by atoms with Crippen LogP contribution < -0.4 is 10.2 Å². The summed E-state index contributed by atoms with van der Waals surface area (Å²) in [5.41, 5.74) is 1.50. The van der Waals surface area contributed by atoms with E-state index in [4.69, 9.17) is 16.3 Å². The molecule has 4 heterocycles. The second-order valence-corrected chi connectivity index (χ2v) is 7.26. The van der Waals surface area contributed by atoms with Crippen LogP contribution in [0.1, 0.15) is 37.8 Å². The van der Waals surface area contributed by atoms with Gasteiger partial charge in [0.05, 0.1) is 29.8 Å². The normalized spacial score (nSPS) is 17.1. The molecule has 2 atom stereocenters. The SMILES string of the molecule is CC[C@H]1COC(=O)N1c1nc(C)nc(N[C@@H](C)c2cn(-c3cccnc3Cl)cn2)n1. The van der Waals surface area contributed by atoms with E-state index in [1.165, 1.54) is 4.90 Å². The minimum absolute atomic E-state index is 0.0931. The van der Waals surface area contributed by atoms with E-state index in [9.17, 15) is 4.79 Å². The summed E-state index contributed by atoms with van der Waals surface area (Å²) >= 11 is 6.17. The molecule has 4 rings (SSSR count). The lowest BCUT2D eigenvalue weighted by atomic mass is 10.2. The van der Waals surface area contributed by atoms with Crippen molar-refractivity contribution in [1.29, 1.82) is 0 Å². The van der Waals surface area contributed by atoms with Gasteiger partial charge in [0.2, 0.25) is 11.9 Å². The van der Waals surface area contributed by atoms with Gasteiger partial charge in [0, 0.05) is 12.4 Å². The van der Waals surface area contributed by atoms with Crippen molar-refractivity contribution in [2.24, 2.45) is 0 Å². The maximum atomic E-state index is 12.1. The number of amides is 1. The smallest absolute Gasteiger partial charge is 0.417 e. The Labute approximate surface area is 178 Å². The predicted molar refractivity (Wildman–Crippen MR) is 111 cm³/mol. The van der Waals surface area contributed by atoms with Crippen molar-refractivity contribution in [2.75, 3.05) is 16.8 Å². The third-order valence-corrected chi connectivity index (χ3v) is 5.08. The van der Waals surface area contributed by atoms with Gasteiger partial charge in [-0.2, -0.15) is 15.0 Å². The summed E-state index contributed by atoms with van der Waals surface area (Å²) < 4.78 is 6.95. The Hall–Kier alpha value is -3.27. The molecule has 1 aliphatic heterocycles. The standard InChI is InChI=1S/C19H21ClN8O2/c1-4-13-9-30-19(29)28(13)18-25-12(3)24-17(26-18)23-11(2)14-8-27(10-22-14)15-6-5-7-21-16(15)20/h5-8,10-11,13H,4,9H2,1-3H3,(H,23,24,25,26)/t11-,13-/m0/s1. The number of aromatic nitrogens is 6. The summed E-state index contributed by atoms with van der Waals surface area (Å²) in [5.74, 6) is 1.13. The van der Waals surface area contributed by atoms with Crippen LogP contribution in [0, 0.1) is 6.92 Å². The average Bonchev–Trinajstić information content (AvgIpc) is 3.34. The highest BCUT2D eigenvalue weighted by Gasteiger charge is 2.35. The molecule has 1 N–H and O–H groups in total. The zero-order chi connectivity index (χ0) is 21.3. The molecule has 30 heavy (non-hydrogen) atoms. The van der Waals surface area contributed by atoms with E-state index in [0.29, 0.717) is 23.5 Å². The number of nitrogens with zero attached hydrogens (tertiary/aromatic N) is 7. The molecule has 1 amide bonds. The Morgan fingerprint density at radius 1 is 1.33 bits per heavy atom. The van der Waals surface area contributed by atoms with Crippen molar-refractivity contribution < 1.29 is 9.53 Å². The van der Waals surface area contributed by atoms with Crippen LogP contribution in [0.4, 0.5) is 16.7 Å². The molecule has 0 spiro atoms. The molecule has 3 aromatic heterocycles. The lowest BCUT2D eigenvalue weighted by molar-refractivity contribution is 0.178. The van der Waals surface area contributed by atoms with E-state index in [-0.39, 0.29) is 18.0 Å². The Balaban J connectivity index is 1.55. The van der Waals surface area contributed by atoms with Crippen molar-refractivity contribution in [1.82, 2.24) is 29.5 Å². The number of carbonyl (C=O) groups is 1. The molecule has 1 fully saturated rings. The number of anilines is 2. The zero-order valence-corrected chi connectivity index (χ0v) is 17.5. The Kier molecular flexibility index (Phi) is 5.49. The van der Waals surface area contributed by atoms with Gasteiger partial charge in [-0.05, 0) is 32.4 Å². The summed E-state index contributed by atoms with van der Waals surface area (Å²) in [6, 6.07) is 3.37. The molecule has 1 saturated heterocycles. The van der Waals surface area contributed by atoms with Gasteiger partial charge in [0.25, 0.3) is 0 Å². The Morgan fingerprint density at radius 3 is 2.93 bits per heavy atom. The van der Waals surface area contributed by atoms with Gasteiger partial charge in [-0.15, -0.1) is 0 Å². The second-order valence-electron chi connectivity index (χ2n) is 6.90. The third-order valence-electron chi connectivity index (χ3n) is 4.79. The Bertz CT molecular complexity index is 1070. The van der Waals surface area contributed by atoms with Crippen LogP contribution in [0.2, 0.25) is 5.15 Å². The molecule has 1 aliphatic rings. The monoisotopic (exact) mass is 428 g/mol. The van der Waals surface area contributed by atoms with Crippen molar-refractivity contribution >= 4 is 29.6 Å². The fraction of sp³-hybridized carbons (Fsp3) is 0.368. The van der Waals surface area contributed by atoms with Gasteiger partial charge >= 0.3 is 6.09 Å². The summed E-state index contributed by atoms with van der Waals surface area (Å²) in [5, 5.41) is 3.62. The molecule has 11 heteroatoms. The predicted octanol–water partition coefficient (Wildman–Crippen LogP) is 3.32. The minimum Gasteiger partial charge on any atom is -0.447 e. The first-order valence-corrected chi connectivity index (χ1v) is 9.94. The third kappa shape index (κ3) is 3.90. The van der Waals surface area contributed by atoms with Gasteiger partial charge in [0.15, 0.2) is 5.15 Å². The maximum absolute atomic E-state index is 12.1. The van der Waals surface area contributed by atoms with E-state index < -0.39 is 6.09 Å². The highest BCUT2D eigenvalue weighted by molar-refractivity contribution is 6.31. The first-order valence-electron chi connectivity index (χ1n) is 9.56. The van der Waals surface area contributed by atoms with Gasteiger partial charge in [-0.1, -0.05) is 18.5 Å². The maximum Gasteiger partial charge on any atom is 0.417 e. The van der Waals surface area contributed by atoms with E-state index >= 15 is 0 Å². The summed E-state index contributed by atoms with van der Waals surface area (Å²) in [6.07, 6.45) is 5.46. The van der Waals surface area contributed by atoms with Gasteiger partial charge in [-0.3, -0.25) is 0 Å². The van der Waals surface area contributed by atoms with Gasteiger partial charge in [0.1, 0.15) is 12.4 Å². The van der Waals surface area contributed by atoms with Crippen LogP contribution in [0.25, 0.3) is 5.69 Å². The minimum atomic E-state index is -0.446. The molecule has 156 valence electrons. The molecule has 0 aliphatic carbocycles. The molecule has 10 nitrogen and oxygen atoms in total. The number of carbonyl (C=O) groups excluding carboxylic acids is 1. The average molecular weight is 429 g/mol. The van der Waals surface area contributed by atoms with E-state index in [2.05, 4.69) is 30.2 Å². The first-order chi connectivity index (χ1) is 14.5. The second kappa shape index (κ2) is 8.23. The lowest BCUT2D eigenvalue weighted by Crippen LogP contribution is -2.34. The number of halogens is 1. The molecular weight excluding hydrogens is 408 g/mol. The number of ether oxygens (including phenoxy) is 1. The number of hydrogen-bond acceptors (Lipinski definition) is 8. The number of pyridine rings is 1. The van der Waals surface area contributed by atoms with Crippen molar-refractivity contribution in [3.05, 3.63) is 47.5 Å². The fourth-order valence-corrected chi connectivity index (χ4v) is 3.39. The number of hydrogen-bond donors (Lipinski definition) is 1. The fourth-order valence-electron chi connectivity index (χ4n) is 3.18. The first kappa shape index (κ1) is 20.0. The summed E-state index contributed by atoms with van der Waals surface area (Å²) in [6.45, 7) is 6.01. The van der Waals surface area contributed by atoms with Gasteiger partial charge < -0.3 is 14.6 Å². The summed E-state index contributed by atoms with van der Waals surface area (Å²) in [4.78, 5) is 35.2. The van der Waals surface area contributed by atoms with E-state index in [0.717, 1.165) is 17.8 Å². The van der Waals surface area contributed by atoms with Crippen LogP contribution in [0.15, 0.2) is 30.9 Å². The van der Waals surface area contributed by atoms with Crippen molar-refractivity contribution in [3.8, 4) is 5.69 Å². The highest BCUT2D eigenvalue weighted by Crippen LogP contribution is 2.24. The molecule has 3 aromatic rings. The molecule has 0 radical (unpaired) electrons. The molecule has 0 unspecified atom stereocenters. The number of nitrogens with one attached hydrogen (secondary N) is 1. The van der Waals surface area contributed by atoms with E-state index in [1.54, 1.807) is 24.0 Å². The largest absolute Gasteiger partial charge is 0.447 e. The number of imidazole rings is 1. The number of cyclic esters (lactones) is 1. The van der Waals surface area contributed by atoms with Crippen molar-refractivity contribution in [2.45, 2.75) is 39.3 Å². The highest BCUT2D eigenvalue weighted by atomic mass is 35.5. The lowest BCUT2D eigenvalue weighted by Gasteiger charge is -2.19. The van der Waals surface area contributed by atoms with Crippen LogP contribution in [-0.4, -0.2) is 48.2 Å². The van der Waals surface area contributed by atoms with Gasteiger partial charge in [-0.25, -0.2) is 19.7 Å². The number of aryl methyl sites for hydroxylation is 1. The van der Waals surface area contributed by atoms with Crippen LogP contribution in [-0.2, 0) is 4.74 Å². The number of rotatable bonds is 6.